The number of carbonyl (C=O) groups is 3. The predicted molar refractivity (Wildman–Crippen MR) is 162 cm³/mol. The van der Waals surface area contributed by atoms with E-state index in [1.54, 1.807) is 52.0 Å². The number of nitrogens with one attached hydrogen (secondary N) is 2. The van der Waals surface area contributed by atoms with Crippen molar-refractivity contribution in [2.75, 3.05) is 11.9 Å². The molecule has 0 saturated carbocycles. The van der Waals surface area contributed by atoms with Crippen molar-refractivity contribution in [2.24, 2.45) is 0 Å². The molecule has 3 aromatic rings. The van der Waals surface area contributed by atoms with Gasteiger partial charge in [-0.15, -0.1) is 0 Å². The number of aryl methyl sites for hydroxylation is 3. The van der Waals surface area contributed by atoms with Gasteiger partial charge in [0, 0.05) is 17.7 Å². The molecule has 0 bridgehead atoms. The summed E-state index contributed by atoms with van der Waals surface area (Å²) in [6, 6.07) is 15.7. The minimum absolute atomic E-state index is 0.0241. The number of phenols is 2. The van der Waals surface area contributed by atoms with Crippen molar-refractivity contribution in [3.05, 3.63) is 88.5 Å². The summed E-state index contributed by atoms with van der Waals surface area (Å²) in [5.41, 5.74) is 2.45. The van der Waals surface area contributed by atoms with Crippen LogP contribution in [0, 0.1) is 32.1 Å². The molecule has 0 aliphatic heterocycles. The fraction of sp³-hybridized carbons (Fsp3) is 0.333. The average molecular weight is 587 g/mol. The lowest BCUT2D eigenvalue weighted by molar-refractivity contribution is -0.140. The highest BCUT2D eigenvalue weighted by atomic mass is 16.6. The Labute approximate surface area is 251 Å². The maximum atomic E-state index is 14.3. The first kappa shape index (κ1) is 32.5. The highest BCUT2D eigenvalue weighted by molar-refractivity contribution is 6.00. The second kappa shape index (κ2) is 13.7. The molecule has 0 radical (unpaired) electrons. The van der Waals surface area contributed by atoms with E-state index in [0.717, 1.165) is 16.0 Å². The number of phenolic OH excluding ortho intramolecular Hbond substituents is 2. The van der Waals surface area contributed by atoms with E-state index in [4.69, 9.17) is 4.74 Å². The predicted octanol–water partition coefficient (Wildman–Crippen LogP) is 5.19. The van der Waals surface area contributed by atoms with Gasteiger partial charge in [0.05, 0.1) is 6.07 Å². The van der Waals surface area contributed by atoms with Gasteiger partial charge < -0.3 is 30.5 Å². The van der Waals surface area contributed by atoms with Crippen molar-refractivity contribution in [3.63, 3.8) is 0 Å². The first-order valence-electron chi connectivity index (χ1n) is 13.8. The molecule has 4 N–H and O–H groups in total. The summed E-state index contributed by atoms with van der Waals surface area (Å²) in [5.74, 6) is -1.57. The number of amides is 3. The van der Waals surface area contributed by atoms with Crippen LogP contribution in [0.3, 0.4) is 0 Å². The fourth-order valence-electron chi connectivity index (χ4n) is 4.65. The number of hydrogen-bond donors (Lipinski definition) is 4. The van der Waals surface area contributed by atoms with Crippen molar-refractivity contribution in [1.29, 1.82) is 5.26 Å². The number of aromatic hydroxyl groups is 2. The molecule has 3 aromatic carbocycles. The molecule has 0 heterocycles. The molecule has 0 aromatic heterocycles. The minimum atomic E-state index is -1.44. The minimum Gasteiger partial charge on any atom is -0.508 e. The number of alkyl carbamates (subject to hydrolysis) is 1. The Kier molecular flexibility index (Phi) is 10.4. The molecule has 0 fully saturated rings. The molecule has 0 saturated heterocycles. The Morgan fingerprint density at radius 3 is 2.09 bits per heavy atom. The Morgan fingerprint density at radius 1 is 0.930 bits per heavy atom. The smallest absolute Gasteiger partial charge is 0.408 e. The van der Waals surface area contributed by atoms with Gasteiger partial charge in [-0.25, -0.2) is 4.79 Å². The molecule has 2 atom stereocenters. The van der Waals surface area contributed by atoms with Crippen LogP contribution in [0.2, 0.25) is 0 Å². The number of ether oxygens (including phenoxy) is 1. The van der Waals surface area contributed by atoms with E-state index in [2.05, 4.69) is 10.6 Å². The summed E-state index contributed by atoms with van der Waals surface area (Å²) in [6.45, 7) is 9.84. The lowest BCUT2D eigenvalue weighted by Crippen LogP contribution is -2.53. The normalized spacial score (nSPS) is 12.4. The molecule has 0 spiro atoms. The van der Waals surface area contributed by atoms with Crippen LogP contribution in [-0.2, 0) is 20.7 Å². The van der Waals surface area contributed by atoms with E-state index in [-0.39, 0.29) is 23.5 Å². The first-order valence-corrected chi connectivity index (χ1v) is 13.8. The number of carbonyl (C=O) groups excluding carboxylic acids is 3. The molecule has 3 amide bonds. The maximum Gasteiger partial charge on any atom is 0.408 e. The van der Waals surface area contributed by atoms with E-state index in [1.165, 1.54) is 18.2 Å². The zero-order valence-electron chi connectivity index (χ0n) is 25.3. The van der Waals surface area contributed by atoms with Crippen molar-refractivity contribution < 1.29 is 29.3 Å². The second-order valence-corrected chi connectivity index (χ2v) is 11.4. The third-order valence-electron chi connectivity index (χ3n) is 6.74. The summed E-state index contributed by atoms with van der Waals surface area (Å²) in [7, 11) is 0. The van der Waals surface area contributed by atoms with Gasteiger partial charge in [0.1, 0.15) is 35.7 Å². The Bertz CT molecular complexity index is 1500. The molecule has 0 aliphatic rings. The van der Waals surface area contributed by atoms with Gasteiger partial charge in [-0.2, -0.15) is 5.26 Å². The highest BCUT2D eigenvalue weighted by Crippen LogP contribution is 2.34. The molecule has 3 rings (SSSR count). The Balaban J connectivity index is 2.12. The Morgan fingerprint density at radius 2 is 1.51 bits per heavy atom. The maximum absolute atomic E-state index is 14.3. The Hall–Kier alpha value is -5.04. The number of hydrogen-bond acceptors (Lipinski definition) is 7. The first-order chi connectivity index (χ1) is 20.2. The van der Waals surface area contributed by atoms with Crippen molar-refractivity contribution in [3.8, 4) is 17.6 Å². The van der Waals surface area contributed by atoms with E-state index < -0.39 is 42.1 Å². The van der Waals surface area contributed by atoms with Gasteiger partial charge >= 0.3 is 6.09 Å². The van der Waals surface area contributed by atoms with Gasteiger partial charge in [0.25, 0.3) is 5.91 Å². The van der Waals surface area contributed by atoms with Crippen LogP contribution in [0.5, 0.6) is 11.5 Å². The fourth-order valence-corrected chi connectivity index (χ4v) is 4.65. The second-order valence-electron chi connectivity index (χ2n) is 11.4. The largest absolute Gasteiger partial charge is 0.508 e. The standard InChI is InChI=1S/C33H38N4O6/c1-20-9-7-10-21(2)27(20)36-30(40)28(25-12-8-11-22(3)29(25)39)37(18-17-34)31(41)26(35-32(42)43-33(4,5)6)19-23-13-15-24(38)16-14-23/h7-16,26,28,38-39H,18-19H2,1-6H3,(H,35,42)(H,36,40). The zero-order chi connectivity index (χ0) is 31.9. The van der Waals surface area contributed by atoms with E-state index >= 15 is 0 Å². The number of nitrogens with zero attached hydrogens (tertiary/aromatic N) is 2. The lowest BCUT2D eigenvalue weighted by Gasteiger charge is -2.33. The van der Waals surface area contributed by atoms with E-state index in [1.807, 2.05) is 38.1 Å². The third kappa shape index (κ3) is 8.49. The monoisotopic (exact) mass is 586 g/mol. The number of nitriles is 1. The molecular formula is C33H38N4O6. The zero-order valence-corrected chi connectivity index (χ0v) is 25.3. The lowest BCUT2D eigenvalue weighted by atomic mass is 9.97. The molecule has 226 valence electrons. The quantitative estimate of drug-likeness (QED) is 0.252. The van der Waals surface area contributed by atoms with Gasteiger partial charge in [-0.1, -0.05) is 48.5 Å². The number of anilines is 1. The average Bonchev–Trinajstić information content (AvgIpc) is 2.92. The summed E-state index contributed by atoms with van der Waals surface area (Å²) in [6.07, 6.45) is -0.901. The van der Waals surface area contributed by atoms with Crippen LogP contribution in [-0.4, -0.2) is 51.2 Å². The van der Waals surface area contributed by atoms with Gasteiger partial charge in [-0.05, 0) is 75.9 Å². The SMILES string of the molecule is Cc1cccc(C(C(=O)Nc2c(C)cccc2C)N(CC#N)C(=O)C(Cc2ccc(O)cc2)NC(=O)OC(C)(C)C)c1O. The number of benzene rings is 3. The van der Waals surface area contributed by atoms with Crippen LogP contribution in [0.1, 0.15) is 54.6 Å². The highest BCUT2D eigenvalue weighted by Gasteiger charge is 2.38. The van der Waals surface area contributed by atoms with Crippen LogP contribution in [0.25, 0.3) is 0 Å². The van der Waals surface area contributed by atoms with Crippen molar-refractivity contribution >= 4 is 23.6 Å². The van der Waals surface area contributed by atoms with Crippen molar-refractivity contribution in [1.82, 2.24) is 10.2 Å². The molecule has 0 aliphatic carbocycles. The molecule has 10 nitrogen and oxygen atoms in total. The summed E-state index contributed by atoms with van der Waals surface area (Å²) in [4.78, 5) is 42.3. The number of rotatable bonds is 9. The van der Waals surface area contributed by atoms with Gasteiger partial charge in [-0.3, -0.25) is 9.59 Å². The van der Waals surface area contributed by atoms with Crippen molar-refractivity contribution in [2.45, 2.75) is 65.6 Å². The van der Waals surface area contributed by atoms with Crippen LogP contribution in [0.4, 0.5) is 10.5 Å². The summed E-state index contributed by atoms with van der Waals surface area (Å²) in [5, 5.41) is 36.1. The van der Waals surface area contributed by atoms with E-state index in [0.29, 0.717) is 16.8 Å². The number of para-hydroxylation sites is 2. The molecule has 2 unspecified atom stereocenters. The summed E-state index contributed by atoms with van der Waals surface area (Å²) >= 11 is 0. The topological polar surface area (TPSA) is 152 Å². The van der Waals surface area contributed by atoms with Crippen LogP contribution >= 0.6 is 0 Å². The van der Waals surface area contributed by atoms with Gasteiger partial charge in [0.15, 0.2) is 0 Å². The molecule has 10 heteroatoms. The van der Waals surface area contributed by atoms with Crippen LogP contribution in [0.15, 0.2) is 60.7 Å². The molecule has 43 heavy (non-hydrogen) atoms. The molecular weight excluding hydrogens is 548 g/mol. The summed E-state index contributed by atoms with van der Waals surface area (Å²) < 4.78 is 5.40. The van der Waals surface area contributed by atoms with Gasteiger partial charge in [0.2, 0.25) is 5.91 Å². The van der Waals surface area contributed by atoms with Crippen LogP contribution < -0.4 is 10.6 Å². The third-order valence-corrected chi connectivity index (χ3v) is 6.74. The van der Waals surface area contributed by atoms with E-state index in [9.17, 15) is 29.9 Å².